The lowest BCUT2D eigenvalue weighted by Crippen LogP contribution is -2.05. The van der Waals surface area contributed by atoms with Crippen LogP contribution in [0, 0.1) is 0 Å². The van der Waals surface area contributed by atoms with Crippen LogP contribution in [-0.4, -0.2) is 13.7 Å². The summed E-state index contributed by atoms with van der Waals surface area (Å²) >= 11 is 9.36. The third-order valence-electron chi connectivity index (χ3n) is 3.05. The summed E-state index contributed by atoms with van der Waals surface area (Å²) in [6.07, 6.45) is 0.835. The van der Waals surface area contributed by atoms with Gasteiger partial charge < -0.3 is 15.2 Å². The third kappa shape index (κ3) is 4.37. The van der Waals surface area contributed by atoms with Crippen LogP contribution in [0.3, 0.4) is 0 Å². The van der Waals surface area contributed by atoms with E-state index in [2.05, 4.69) is 22.0 Å². The van der Waals surface area contributed by atoms with E-state index in [-0.39, 0.29) is 0 Å². The SMILES string of the molecule is COc1ccc(CCN)cc1COc1ccc(Cl)cc1Br. The minimum atomic E-state index is 0.418. The normalized spacial score (nSPS) is 10.5. The van der Waals surface area contributed by atoms with Gasteiger partial charge in [-0.2, -0.15) is 0 Å². The second kappa shape index (κ2) is 7.69. The van der Waals surface area contributed by atoms with E-state index in [1.165, 1.54) is 5.56 Å². The molecule has 2 aromatic carbocycles. The zero-order chi connectivity index (χ0) is 15.2. The van der Waals surface area contributed by atoms with Gasteiger partial charge in [0.2, 0.25) is 0 Å². The maximum absolute atomic E-state index is 5.92. The van der Waals surface area contributed by atoms with Gasteiger partial charge in [0.15, 0.2) is 0 Å². The molecule has 0 heterocycles. The average molecular weight is 371 g/mol. The highest BCUT2D eigenvalue weighted by atomic mass is 79.9. The quantitative estimate of drug-likeness (QED) is 0.829. The van der Waals surface area contributed by atoms with Gasteiger partial charge in [-0.25, -0.2) is 0 Å². The first-order valence-corrected chi connectivity index (χ1v) is 7.75. The fraction of sp³-hybridized carbons (Fsp3) is 0.250. The van der Waals surface area contributed by atoms with E-state index in [1.807, 2.05) is 18.2 Å². The molecule has 112 valence electrons. The number of halogens is 2. The Kier molecular flexibility index (Phi) is 5.91. The van der Waals surface area contributed by atoms with E-state index < -0.39 is 0 Å². The molecule has 0 atom stereocenters. The summed E-state index contributed by atoms with van der Waals surface area (Å²) < 4.78 is 12.0. The molecule has 0 aliphatic rings. The van der Waals surface area contributed by atoms with Crippen LogP contribution in [0.25, 0.3) is 0 Å². The number of methoxy groups -OCH3 is 1. The zero-order valence-corrected chi connectivity index (χ0v) is 14.1. The molecule has 3 nitrogen and oxygen atoms in total. The molecule has 0 saturated carbocycles. The summed E-state index contributed by atoms with van der Waals surface area (Å²) in [4.78, 5) is 0. The van der Waals surface area contributed by atoms with Gasteiger partial charge in [-0.3, -0.25) is 0 Å². The summed E-state index contributed by atoms with van der Waals surface area (Å²) in [6.45, 7) is 1.04. The Morgan fingerprint density at radius 3 is 2.57 bits per heavy atom. The summed E-state index contributed by atoms with van der Waals surface area (Å²) in [5.41, 5.74) is 7.76. The molecule has 2 N–H and O–H groups in total. The molecule has 0 radical (unpaired) electrons. The molecular formula is C16H17BrClNO2. The smallest absolute Gasteiger partial charge is 0.134 e. The molecule has 0 bridgehead atoms. The number of nitrogens with two attached hydrogens (primary N) is 1. The van der Waals surface area contributed by atoms with Crippen LogP contribution >= 0.6 is 27.5 Å². The molecule has 2 rings (SSSR count). The van der Waals surface area contributed by atoms with Crippen molar-refractivity contribution >= 4 is 27.5 Å². The molecule has 5 heteroatoms. The van der Waals surface area contributed by atoms with Gasteiger partial charge in [0.05, 0.1) is 11.6 Å². The van der Waals surface area contributed by atoms with E-state index in [0.717, 1.165) is 28.0 Å². The minimum absolute atomic E-state index is 0.418. The van der Waals surface area contributed by atoms with Gasteiger partial charge in [-0.1, -0.05) is 17.7 Å². The lowest BCUT2D eigenvalue weighted by molar-refractivity contribution is 0.295. The second-order valence-corrected chi connectivity index (χ2v) is 5.84. The number of rotatable bonds is 6. The monoisotopic (exact) mass is 369 g/mol. The van der Waals surface area contributed by atoms with E-state index in [0.29, 0.717) is 18.2 Å². The van der Waals surface area contributed by atoms with Crippen LogP contribution in [0.2, 0.25) is 5.02 Å². The van der Waals surface area contributed by atoms with Crippen molar-refractivity contribution in [2.45, 2.75) is 13.0 Å². The number of ether oxygens (including phenoxy) is 2. The standard InChI is InChI=1S/C16H17BrClNO2/c1-20-15-4-2-11(6-7-19)8-12(15)10-21-16-5-3-13(18)9-14(16)17/h2-5,8-9H,6-7,10,19H2,1H3. The minimum Gasteiger partial charge on any atom is -0.496 e. The topological polar surface area (TPSA) is 44.5 Å². The highest BCUT2D eigenvalue weighted by Crippen LogP contribution is 2.30. The van der Waals surface area contributed by atoms with E-state index in [1.54, 1.807) is 19.2 Å². The maximum atomic E-state index is 5.92. The Bertz CT molecular complexity index is 619. The first-order valence-electron chi connectivity index (χ1n) is 6.57. The number of hydrogen-bond donors (Lipinski definition) is 1. The summed E-state index contributed by atoms with van der Waals surface area (Å²) in [5.74, 6) is 1.55. The first kappa shape index (κ1) is 16.1. The van der Waals surface area contributed by atoms with Gasteiger partial charge in [-0.05, 0) is 64.8 Å². The lowest BCUT2D eigenvalue weighted by atomic mass is 10.1. The van der Waals surface area contributed by atoms with Gasteiger partial charge in [0.1, 0.15) is 18.1 Å². The third-order valence-corrected chi connectivity index (χ3v) is 3.91. The Morgan fingerprint density at radius 2 is 1.90 bits per heavy atom. The average Bonchev–Trinajstić information content (AvgIpc) is 2.47. The van der Waals surface area contributed by atoms with Crippen molar-refractivity contribution in [3.8, 4) is 11.5 Å². The molecule has 0 aliphatic heterocycles. The van der Waals surface area contributed by atoms with Crippen molar-refractivity contribution < 1.29 is 9.47 Å². The van der Waals surface area contributed by atoms with Crippen molar-refractivity contribution in [3.05, 3.63) is 57.0 Å². The predicted molar refractivity (Wildman–Crippen MR) is 89.2 cm³/mol. The molecule has 0 fully saturated rings. The second-order valence-electron chi connectivity index (χ2n) is 4.55. The fourth-order valence-corrected chi connectivity index (χ4v) is 2.81. The molecule has 0 saturated heterocycles. The fourth-order valence-electron chi connectivity index (χ4n) is 2.01. The van der Waals surface area contributed by atoms with Crippen molar-refractivity contribution in [3.63, 3.8) is 0 Å². The van der Waals surface area contributed by atoms with Gasteiger partial charge in [-0.15, -0.1) is 0 Å². The Labute approximate surface area is 138 Å². The van der Waals surface area contributed by atoms with Crippen LogP contribution in [0.5, 0.6) is 11.5 Å². The van der Waals surface area contributed by atoms with Gasteiger partial charge in [0.25, 0.3) is 0 Å². The summed E-state index contributed by atoms with van der Waals surface area (Å²) in [6, 6.07) is 11.5. The van der Waals surface area contributed by atoms with Gasteiger partial charge >= 0.3 is 0 Å². The maximum Gasteiger partial charge on any atom is 0.134 e. The van der Waals surface area contributed by atoms with E-state index >= 15 is 0 Å². The molecule has 0 aromatic heterocycles. The lowest BCUT2D eigenvalue weighted by Gasteiger charge is -2.13. The summed E-state index contributed by atoms with van der Waals surface area (Å²) in [5, 5.41) is 0.664. The van der Waals surface area contributed by atoms with E-state index in [4.69, 9.17) is 26.8 Å². The van der Waals surface area contributed by atoms with Crippen LogP contribution in [0.1, 0.15) is 11.1 Å². The van der Waals surface area contributed by atoms with Crippen molar-refractivity contribution in [2.75, 3.05) is 13.7 Å². The Hall–Kier alpha value is -1.23. The molecule has 0 spiro atoms. The zero-order valence-electron chi connectivity index (χ0n) is 11.7. The van der Waals surface area contributed by atoms with Gasteiger partial charge in [0, 0.05) is 10.6 Å². The molecule has 0 unspecified atom stereocenters. The van der Waals surface area contributed by atoms with Crippen molar-refractivity contribution in [2.24, 2.45) is 5.73 Å². The highest BCUT2D eigenvalue weighted by Gasteiger charge is 2.07. The first-order chi connectivity index (χ1) is 10.1. The van der Waals surface area contributed by atoms with Crippen molar-refractivity contribution in [1.29, 1.82) is 0 Å². The van der Waals surface area contributed by atoms with Crippen LogP contribution in [0.15, 0.2) is 40.9 Å². The van der Waals surface area contributed by atoms with Crippen LogP contribution in [-0.2, 0) is 13.0 Å². The predicted octanol–water partition coefficient (Wildman–Crippen LogP) is 4.19. The Balaban J connectivity index is 2.16. The largest absolute Gasteiger partial charge is 0.496 e. The van der Waals surface area contributed by atoms with Crippen LogP contribution < -0.4 is 15.2 Å². The Morgan fingerprint density at radius 1 is 1.14 bits per heavy atom. The van der Waals surface area contributed by atoms with Crippen molar-refractivity contribution in [1.82, 2.24) is 0 Å². The van der Waals surface area contributed by atoms with E-state index in [9.17, 15) is 0 Å². The number of hydrogen-bond acceptors (Lipinski definition) is 3. The number of benzene rings is 2. The molecule has 21 heavy (non-hydrogen) atoms. The molecular weight excluding hydrogens is 354 g/mol. The molecule has 2 aromatic rings. The summed E-state index contributed by atoms with van der Waals surface area (Å²) in [7, 11) is 1.65. The molecule has 0 amide bonds. The van der Waals surface area contributed by atoms with Crippen LogP contribution in [0.4, 0.5) is 0 Å². The molecule has 0 aliphatic carbocycles. The highest BCUT2D eigenvalue weighted by molar-refractivity contribution is 9.10.